The van der Waals surface area contributed by atoms with E-state index in [0.717, 1.165) is 27.9 Å². The summed E-state index contributed by atoms with van der Waals surface area (Å²) in [5.41, 5.74) is 4.28. The van der Waals surface area contributed by atoms with Crippen molar-refractivity contribution in [2.75, 3.05) is 4.90 Å². The lowest BCUT2D eigenvalue weighted by molar-refractivity contribution is 0.0982. The lowest BCUT2D eigenvalue weighted by Crippen LogP contribution is -2.40. The van der Waals surface area contributed by atoms with E-state index in [-0.39, 0.29) is 11.8 Å². The Bertz CT molecular complexity index is 1140. The van der Waals surface area contributed by atoms with Gasteiger partial charge < -0.3 is 0 Å². The smallest absolute Gasteiger partial charge is 0.259 e. The summed E-state index contributed by atoms with van der Waals surface area (Å²) in [7, 11) is 0. The highest BCUT2D eigenvalue weighted by atomic mass is 35.5. The molecular formula is C24H16ClNO. The SMILES string of the molecule is C[C@]12c3ccccc3C(=O)N1c1ccccc1[C@H]2C#Cc1ccc(Cl)cc1. The van der Waals surface area contributed by atoms with Gasteiger partial charge in [-0.15, -0.1) is 0 Å². The Morgan fingerprint density at radius 3 is 2.48 bits per heavy atom. The molecular weight excluding hydrogens is 354 g/mol. The molecule has 2 heterocycles. The van der Waals surface area contributed by atoms with Crippen LogP contribution in [0.3, 0.4) is 0 Å². The molecule has 3 heteroatoms. The van der Waals surface area contributed by atoms with Gasteiger partial charge in [-0.1, -0.05) is 59.8 Å². The number of halogens is 1. The molecule has 0 fully saturated rings. The van der Waals surface area contributed by atoms with Gasteiger partial charge in [0.15, 0.2) is 0 Å². The Kier molecular flexibility index (Phi) is 3.44. The molecule has 3 aromatic carbocycles. The molecule has 1 amide bonds. The van der Waals surface area contributed by atoms with E-state index in [9.17, 15) is 4.79 Å². The number of benzene rings is 3. The molecule has 0 N–H and O–H groups in total. The minimum Gasteiger partial charge on any atom is -0.296 e. The second-order valence-corrected chi connectivity index (χ2v) is 7.54. The lowest BCUT2D eigenvalue weighted by Gasteiger charge is -2.32. The summed E-state index contributed by atoms with van der Waals surface area (Å²) in [6.07, 6.45) is 0. The second kappa shape index (κ2) is 5.74. The van der Waals surface area contributed by atoms with Crippen molar-refractivity contribution in [1.29, 1.82) is 0 Å². The summed E-state index contributed by atoms with van der Waals surface area (Å²) < 4.78 is 0. The second-order valence-electron chi connectivity index (χ2n) is 7.10. The summed E-state index contributed by atoms with van der Waals surface area (Å²) in [6.45, 7) is 2.12. The minimum atomic E-state index is -0.503. The monoisotopic (exact) mass is 369 g/mol. The van der Waals surface area contributed by atoms with Gasteiger partial charge in [0.2, 0.25) is 0 Å². The molecule has 0 saturated carbocycles. The van der Waals surface area contributed by atoms with Gasteiger partial charge in [-0.2, -0.15) is 0 Å². The van der Waals surface area contributed by atoms with Gasteiger partial charge in [0.25, 0.3) is 5.91 Å². The minimum absolute atomic E-state index is 0.0522. The largest absolute Gasteiger partial charge is 0.296 e. The highest BCUT2D eigenvalue weighted by molar-refractivity contribution is 6.30. The van der Waals surface area contributed by atoms with Crippen molar-refractivity contribution < 1.29 is 4.79 Å². The number of anilines is 1. The Balaban J connectivity index is 1.71. The van der Waals surface area contributed by atoms with Gasteiger partial charge in [0.1, 0.15) is 0 Å². The van der Waals surface area contributed by atoms with Crippen LogP contribution in [0.5, 0.6) is 0 Å². The number of rotatable bonds is 0. The summed E-state index contributed by atoms with van der Waals surface area (Å²) in [6, 6.07) is 23.5. The van der Waals surface area contributed by atoms with Crippen molar-refractivity contribution in [3.8, 4) is 11.8 Å². The highest BCUT2D eigenvalue weighted by Gasteiger charge is 2.57. The third kappa shape index (κ3) is 2.19. The topological polar surface area (TPSA) is 20.3 Å². The molecule has 2 atom stereocenters. The number of para-hydroxylation sites is 1. The molecule has 0 aromatic heterocycles. The molecule has 2 aliphatic rings. The van der Waals surface area contributed by atoms with Crippen molar-refractivity contribution in [2.24, 2.45) is 0 Å². The lowest BCUT2D eigenvalue weighted by atomic mass is 9.79. The molecule has 2 nitrogen and oxygen atoms in total. The van der Waals surface area contributed by atoms with Crippen molar-refractivity contribution in [3.05, 3.63) is 100 Å². The maximum Gasteiger partial charge on any atom is 0.259 e. The normalized spacial score (nSPS) is 21.9. The van der Waals surface area contributed by atoms with Crippen LogP contribution in [0.1, 0.15) is 39.9 Å². The average molecular weight is 370 g/mol. The van der Waals surface area contributed by atoms with Gasteiger partial charge in [-0.25, -0.2) is 0 Å². The van der Waals surface area contributed by atoms with Crippen molar-refractivity contribution in [2.45, 2.75) is 18.4 Å². The van der Waals surface area contributed by atoms with E-state index < -0.39 is 5.54 Å². The van der Waals surface area contributed by atoms with Crippen LogP contribution in [0.4, 0.5) is 5.69 Å². The van der Waals surface area contributed by atoms with E-state index >= 15 is 0 Å². The molecule has 27 heavy (non-hydrogen) atoms. The Morgan fingerprint density at radius 1 is 0.963 bits per heavy atom. The zero-order valence-corrected chi connectivity index (χ0v) is 15.5. The first-order valence-electron chi connectivity index (χ1n) is 8.91. The van der Waals surface area contributed by atoms with E-state index in [1.54, 1.807) is 0 Å². The van der Waals surface area contributed by atoms with Crippen LogP contribution < -0.4 is 4.90 Å². The number of carbonyl (C=O) groups excluding carboxylic acids is 1. The fourth-order valence-electron chi connectivity index (χ4n) is 4.35. The van der Waals surface area contributed by atoms with Crippen LogP contribution in [-0.2, 0) is 5.54 Å². The molecule has 130 valence electrons. The predicted octanol–water partition coefficient (Wildman–Crippen LogP) is 5.36. The molecule has 2 aliphatic heterocycles. The van der Waals surface area contributed by atoms with Crippen molar-refractivity contribution >= 4 is 23.2 Å². The zero-order valence-electron chi connectivity index (χ0n) is 14.7. The number of amides is 1. The molecule has 0 unspecified atom stereocenters. The first-order valence-corrected chi connectivity index (χ1v) is 9.28. The van der Waals surface area contributed by atoms with Crippen LogP contribution in [0.15, 0.2) is 72.8 Å². The Labute approximate surface area is 163 Å². The number of hydrogen-bond acceptors (Lipinski definition) is 1. The zero-order chi connectivity index (χ0) is 18.6. The third-order valence-electron chi connectivity index (χ3n) is 5.63. The summed E-state index contributed by atoms with van der Waals surface area (Å²) in [5, 5.41) is 0.695. The van der Waals surface area contributed by atoms with Gasteiger partial charge in [-0.05, 0) is 54.4 Å². The summed E-state index contributed by atoms with van der Waals surface area (Å²) >= 11 is 5.98. The van der Waals surface area contributed by atoms with Crippen LogP contribution in [0, 0.1) is 11.8 Å². The van der Waals surface area contributed by atoms with E-state index in [1.165, 1.54) is 0 Å². The molecule has 0 spiro atoms. The predicted molar refractivity (Wildman–Crippen MR) is 108 cm³/mol. The standard InChI is InChI=1S/C24H16ClNO/c1-24-20-8-4-2-7-19(20)23(27)26(24)22-9-5-3-6-18(22)21(24)15-12-16-10-13-17(25)14-11-16/h2-11,13-14,21H,1H3/t21-,24-/m1/s1. The van der Waals surface area contributed by atoms with E-state index in [1.807, 2.05) is 65.6 Å². The first-order chi connectivity index (χ1) is 13.1. The maximum absolute atomic E-state index is 13.2. The Morgan fingerprint density at radius 2 is 1.67 bits per heavy atom. The van der Waals surface area contributed by atoms with Crippen LogP contribution >= 0.6 is 11.6 Å². The number of fused-ring (bicyclic) bond motifs is 5. The molecule has 5 rings (SSSR count). The van der Waals surface area contributed by atoms with Crippen LogP contribution in [-0.4, -0.2) is 5.91 Å². The quantitative estimate of drug-likeness (QED) is 0.488. The van der Waals surface area contributed by atoms with Crippen LogP contribution in [0.25, 0.3) is 0 Å². The van der Waals surface area contributed by atoms with E-state index in [4.69, 9.17) is 11.6 Å². The van der Waals surface area contributed by atoms with Crippen LogP contribution in [0.2, 0.25) is 5.02 Å². The highest BCUT2D eigenvalue weighted by Crippen LogP contribution is 2.57. The summed E-state index contributed by atoms with van der Waals surface area (Å²) in [4.78, 5) is 15.1. The fourth-order valence-corrected chi connectivity index (χ4v) is 4.48. The average Bonchev–Trinajstić information content (AvgIpc) is 3.08. The van der Waals surface area contributed by atoms with E-state index in [2.05, 4.69) is 30.9 Å². The molecule has 3 aromatic rings. The third-order valence-corrected chi connectivity index (χ3v) is 5.88. The van der Waals surface area contributed by atoms with E-state index in [0.29, 0.717) is 5.02 Å². The van der Waals surface area contributed by atoms with Crippen molar-refractivity contribution in [3.63, 3.8) is 0 Å². The maximum atomic E-state index is 13.2. The van der Waals surface area contributed by atoms with Gasteiger partial charge in [0.05, 0.1) is 11.5 Å². The molecule has 0 bridgehead atoms. The first kappa shape index (κ1) is 16.2. The molecule has 0 aliphatic carbocycles. The van der Waals surface area contributed by atoms with Gasteiger partial charge in [0, 0.05) is 21.8 Å². The van der Waals surface area contributed by atoms with Crippen molar-refractivity contribution in [1.82, 2.24) is 0 Å². The fraction of sp³-hybridized carbons (Fsp3) is 0.125. The molecule has 0 radical (unpaired) electrons. The Hall–Kier alpha value is -3.02. The molecule has 0 saturated heterocycles. The van der Waals surface area contributed by atoms with Gasteiger partial charge >= 0.3 is 0 Å². The summed E-state index contributed by atoms with van der Waals surface area (Å²) in [5.74, 6) is 6.70. The van der Waals surface area contributed by atoms with Gasteiger partial charge in [-0.3, -0.25) is 9.69 Å². The number of carbonyl (C=O) groups is 1. The number of hydrogen-bond donors (Lipinski definition) is 0. The number of nitrogens with zero attached hydrogens (tertiary/aromatic N) is 1.